The van der Waals surface area contributed by atoms with E-state index in [4.69, 9.17) is 0 Å². The van der Waals surface area contributed by atoms with Crippen molar-refractivity contribution >= 4 is 5.71 Å². The van der Waals surface area contributed by atoms with Gasteiger partial charge in [-0.15, -0.1) is 6.58 Å². The van der Waals surface area contributed by atoms with Gasteiger partial charge >= 0.3 is 0 Å². The number of hydrogen-bond acceptors (Lipinski definition) is 2. The van der Waals surface area contributed by atoms with Gasteiger partial charge in [0.05, 0.1) is 0 Å². The second-order valence-electron chi connectivity index (χ2n) is 5.18. The minimum absolute atomic E-state index is 0.179. The van der Waals surface area contributed by atoms with Crippen LogP contribution in [0.4, 0.5) is 0 Å². The second kappa shape index (κ2) is 6.65. The molecule has 0 heterocycles. The summed E-state index contributed by atoms with van der Waals surface area (Å²) in [4.78, 5) is 0. The zero-order valence-corrected chi connectivity index (χ0v) is 11.0. The van der Waals surface area contributed by atoms with Crippen LogP contribution in [0.5, 0.6) is 0 Å². The van der Waals surface area contributed by atoms with Crippen molar-refractivity contribution in [3.63, 3.8) is 0 Å². The van der Waals surface area contributed by atoms with E-state index in [-0.39, 0.29) is 5.41 Å². The normalized spacial score (nSPS) is 12.7. The molecule has 0 radical (unpaired) electrons. The van der Waals surface area contributed by atoms with Gasteiger partial charge in [-0.05, 0) is 25.7 Å². The first kappa shape index (κ1) is 14.2. The van der Waals surface area contributed by atoms with Crippen molar-refractivity contribution in [1.29, 1.82) is 0 Å². The van der Waals surface area contributed by atoms with Crippen LogP contribution in [-0.2, 0) is 0 Å². The lowest BCUT2D eigenvalue weighted by Crippen LogP contribution is -2.23. The molecular weight excluding hydrogens is 184 g/mol. The van der Waals surface area contributed by atoms with Crippen molar-refractivity contribution in [2.24, 2.45) is 10.5 Å². The molecule has 0 aromatic carbocycles. The summed E-state index contributed by atoms with van der Waals surface area (Å²) >= 11 is 0. The highest BCUT2D eigenvalue weighted by molar-refractivity contribution is 5.89. The number of nitrogens with zero attached hydrogens (tertiary/aromatic N) is 2. The maximum Gasteiger partial charge on any atom is 0.0433 e. The third-order valence-corrected chi connectivity index (χ3v) is 2.26. The molecule has 2 heteroatoms. The van der Waals surface area contributed by atoms with Gasteiger partial charge in [-0.1, -0.05) is 26.8 Å². The van der Waals surface area contributed by atoms with E-state index in [9.17, 15) is 0 Å². The van der Waals surface area contributed by atoms with Crippen molar-refractivity contribution < 1.29 is 0 Å². The first-order chi connectivity index (χ1) is 6.88. The lowest BCUT2D eigenvalue weighted by molar-refractivity contribution is 0.419. The predicted molar refractivity (Wildman–Crippen MR) is 69.2 cm³/mol. The molecule has 0 aromatic heterocycles. The molecule has 0 saturated carbocycles. The van der Waals surface area contributed by atoms with Crippen LogP contribution in [0, 0.1) is 5.41 Å². The zero-order chi connectivity index (χ0) is 11.9. The van der Waals surface area contributed by atoms with Crippen molar-refractivity contribution in [2.45, 2.75) is 46.5 Å². The van der Waals surface area contributed by atoms with Crippen molar-refractivity contribution in [3.8, 4) is 0 Å². The predicted octanol–water partition coefficient (Wildman–Crippen LogP) is 3.70. The Labute approximate surface area is 95.1 Å². The van der Waals surface area contributed by atoms with E-state index in [1.165, 1.54) is 18.6 Å². The Bertz CT molecular complexity index is 209. The average Bonchev–Trinajstić information content (AvgIpc) is 2.08. The van der Waals surface area contributed by atoms with Crippen LogP contribution < -0.4 is 0 Å². The molecule has 0 unspecified atom stereocenters. The van der Waals surface area contributed by atoms with E-state index < -0.39 is 0 Å². The lowest BCUT2D eigenvalue weighted by Gasteiger charge is -2.23. The summed E-state index contributed by atoms with van der Waals surface area (Å²) in [5.41, 5.74) is 1.47. The van der Waals surface area contributed by atoms with E-state index in [0.717, 1.165) is 12.8 Å². The summed E-state index contributed by atoms with van der Waals surface area (Å²) in [7, 11) is 3.96. The maximum absolute atomic E-state index is 4.57. The summed E-state index contributed by atoms with van der Waals surface area (Å²) < 4.78 is 0. The largest absolute Gasteiger partial charge is 0.303 e. The fraction of sp³-hybridized carbons (Fsp3) is 0.769. The number of unbranched alkanes of at least 4 members (excludes halogenated alkanes) is 2. The molecule has 0 saturated heterocycles. The molecule has 2 nitrogen and oxygen atoms in total. The second-order valence-corrected chi connectivity index (χ2v) is 5.18. The van der Waals surface area contributed by atoms with Gasteiger partial charge in [-0.3, -0.25) is 0 Å². The highest BCUT2D eigenvalue weighted by Gasteiger charge is 2.18. The Balaban J connectivity index is 4.22. The number of allylic oxidation sites excluding steroid dienone is 1. The minimum Gasteiger partial charge on any atom is -0.303 e. The van der Waals surface area contributed by atoms with Gasteiger partial charge in [0, 0.05) is 25.2 Å². The van der Waals surface area contributed by atoms with Crippen LogP contribution in [0.15, 0.2) is 17.8 Å². The molecule has 0 bridgehead atoms. The van der Waals surface area contributed by atoms with E-state index >= 15 is 0 Å². The fourth-order valence-corrected chi connectivity index (χ4v) is 1.40. The smallest absolute Gasteiger partial charge is 0.0433 e. The molecule has 0 atom stereocenters. The average molecular weight is 210 g/mol. The number of hydrogen-bond donors (Lipinski definition) is 0. The fourth-order valence-electron chi connectivity index (χ4n) is 1.40. The van der Waals surface area contributed by atoms with Crippen molar-refractivity contribution in [2.75, 3.05) is 14.1 Å². The first-order valence-electron chi connectivity index (χ1n) is 5.74. The maximum atomic E-state index is 4.57. The monoisotopic (exact) mass is 210 g/mol. The van der Waals surface area contributed by atoms with Crippen LogP contribution in [0.2, 0.25) is 0 Å². The molecule has 0 amide bonds. The molecule has 0 fully saturated rings. The van der Waals surface area contributed by atoms with Crippen LogP contribution >= 0.6 is 0 Å². The number of rotatable bonds is 6. The van der Waals surface area contributed by atoms with Crippen LogP contribution in [-0.4, -0.2) is 24.8 Å². The van der Waals surface area contributed by atoms with Crippen LogP contribution in [0.25, 0.3) is 0 Å². The van der Waals surface area contributed by atoms with Gasteiger partial charge in [0.2, 0.25) is 0 Å². The molecule has 0 aliphatic heterocycles. The van der Waals surface area contributed by atoms with E-state index in [2.05, 4.69) is 32.5 Å². The standard InChI is InChI=1S/C13H26N2/c1-7-8-9-10-11-12(13(2,3)4)14-15(5)6/h7H,1,8-11H2,2-6H3/b14-12+. The Morgan fingerprint density at radius 3 is 2.27 bits per heavy atom. The molecule has 0 aromatic rings. The molecule has 88 valence electrons. The van der Waals surface area contributed by atoms with Crippen LogP contribution in [0.3, 0.4) is 0 Å². The summed E-state index contributed by atoms with van der Waals surface area (Å²) in [5, 5.41) is 6.47. The van der Waals surface area contributed by atoms with Gasteiger partial charge in [0.25, 0.3) is 0 Å². The molecule has 0 N–H and O–H groups in total. The van der Waals surface area contributed by atoms with Crippen molar-refractivity contribution in [1.82, 2.24) is 5.01 Å². The summed E-state index contributed by atoms with van der Waals surface area (Å²) in [6.45, 7) is 10.4. The summed E-state index contributed by atoms with van der Waals surface area (Å²) in [6.07, 6.45) is 6.61. The molecule has 0 aliphatic carbocycles. The number of hydrazone groups is 1. The SMILES string of the molecule is C=CCCCC/C(=N\N(C)C)C(C)(C)C. The van der Waals surface area contributed by atoms with Gasteiger partial charge in [-0.25, -0.2) is 0 Å². The minimum atomic E-state index is 0.179. The Morgan fingerprint density at radius 2 is 1.87 bits per heavy atom. The third kappa shape index (κ3) is 7.18. The first-order valence-corrected chi connectivity index (χ1v) is 5.74. The summed E-state index contributed by atoms with van der Waals surface area (Å²) in [6, 6.07) is 0. The highest BCUT2D eigenvalue weighted by Crippen LogP contribution is 2.20. The Hall–Kier alpha value is -0.790. The van der Waals surface area contributed by atoms with Crippen LogP contribution in [0.1, 0.15) is 46.5 Å². The van der Waals surface area contributed by atoms with E-state index in [1.54, 1.807) is 0 Å². The molecule has 0 spiro atoms. The zero-order valence-electron chi connectivity index (χ0n) is 11.0. The molecular formula is C13H26N2. The van der Waals surface area contributed by atoms with E-state index in [1.807, 2.05) is 25.2 Å². The quantitative estimate of drug-likeness (QED) is 0.282. The molecule has 0 rings (SSSR count). The van der Waals surface area contributed by atoms with Gasteiger partial charge in [0.15, 0.2) is 0 Å². The molecule has 0 aliphatic rings. The van der Waals surface area contributed by atoms with Gasteiger partial charge in [-0.2, -0.15) is 5.10 Å². The topological polar surface area (TPSA) is 15.6 Å². The van der Waals surface area contributed by atoms with Gasteiger partial charge in [0.1, 0.15) is 0 Å². The summed E-state index contributed by atoms with van der Waals surface area (Å²) in [5.74, 6) is 0. The highest BCUT2D eigenvalue weighted by atomic mass is 15.4. The Kier molecular flexibility index (Phi) is 6.30. The Morgan fingerprint density at radius 1 is 1.27 bits per heavy atom. The third-order valence-electron chi connectivity index (χ3n) is 2.26. The van der Waals surface area contributed by atoms with Crippen molar-refractivity contribution in [3.05, 3.63) is 12.7 Å². The lowest BCUT2D eigenvalue weighted by atomic mass is 9.87. The van der Waals surface area contributed by atoms with E-state index in [0.29, 0.717) is 0 Å². The molecule has 15 heavy (non-hydrogen) atoms. The van der Waals surface area contributed by atoms with Gasteiger partial charge < -0.3 is 5.01 Å².